The van der Waals surface area contributed by atoms with Crippen LogP contribution in [0.1, 0.15) is 57.8 Å². The van der Waals surface area contributed by atoms with Gasteiger partial charge in [-0.1, -0.05) is 25.7 Å². The van der Waals surface area contributed by atoms with Crippen molar-refractivity contribution in [2.75, 3.05) is 13.1 Å². The number of amides is 1. The van der Waals surface area contributed by atoms with Crippen LogP contribution in [-0.2, 0) is 4.79 Å². The lowest BCUT2D eigenvalue weighted by Gasteiger charge is -2.20. The number of hydrogen-bond donors (Lipinski definition) is 2. The predicted octanol–water partition coefficient (Wildman–Crippen LogP) is 2.22. The van der Waals surface area contributed by atoms with Crippen LogP contribution in [0.25, 0.3) is 0 Å². The first-order valence-electron chi connectivity index (χ1n) is 7.37. The smallest absolute Gasteiger partial charge is 0.237 e. The third kappa shape index (κ3) is 4.30. The van der Waals surface area contributed by atoms with Gasteiger partial charge in [0.1, 0.15) is 0 Å². The lowest BCUT2D eigenvalue weighted by atomic mass is 9.99. The summed E-state index contributed by atoms with van der Waals surface area (Å²) in [7, 11) is 0. The van der Waals surface area contributed by atoms with Crippen LogP contribution in [0.4, 0.5) is 0 Å². The molecular weight excluding hydrogens is 212 g/mol. The quantitative estimate of drug-likeness (QED) is 0.740. The Labute approximate surface area is 105 Å². The standard InChI is InChI=1S/C14H26N2O/c17-14-13(9-5-6-10-15-14)16-11-12-7-3-1-2-4-8-12/h12-13,16H,1-11H2,(H,15,17). The van der Waals surface area contributed by atoms with Gasteiger partial charge in [-0.25, -0.2) is 0 Å². The highest BCUT2D eigenvalue weighted by Gasteiger charge is 2.21. The molecule has 3 heteroatoms. The summed E-state index contributed by atoms with van der Waals surface area (Å²) in [5.41, 5.74) is 0. The Morgan fingerprint density at radius 2 is 1.71 bits per heavy atom. The zero-order valence-electron chi connectivity index (χ0n) is 10.8. The van der Waals surface area contributed by atoms with Crippen molar-refractivity contribution in [1.82, 2.24) is 10.6 Å². The molecule has 1 amide bonds. The molecule has 0 bridgehead atoms. The minimum absolute atomic E-state index is 0.0701. The Morgan fingerprint density at radius 3 is 2.47 bits per heavy atom. The normalized spacial score (nSPS) is 28.2. The average molecular weight is 238 g/mol. The molecule has 0 radical (unpaired) electrons. The van der Waals surface area contributed by atoms with Gasteiger partial charge in [-0.2, -0.15) is 0 Å². The highest BCUT2D eigenvalue weighted by atomic mass is 16.2. The molecule has 1 heterocycles. The molecule has 1 saturated carbocycles. The Morgan fingerprint density at radius 1 is 1.00 bits per heavy atom. The molecule has 1 aliphatic heterocycles. The zero-order chi connectivity index (χ0) is 11.9. The summed E-state index contributed by atoms with van der Waals surface area (Å²) < 4.78 is 0. The van der Waals surface area contributed by atoms with Crippen molar-refractivity contribution >= 4 is 5.91 Å². The van der Waals surface area contributed by atoms with E-state index in [1.54, 1.807) is 0 Å². The first-order chi connectivity index (χ1) is 8.36. The Kier molecular flexibility index (Phi) is 5.30. The maximum absolute atomic E-state index is 11.8. The fraction of sp³-hybridized carbons (Fsp3) is 0.929. The summed E-state index contributed by atoms with van der Waals surface area (Å²) in [6.45, 7) is 1.90. The van der Waals surface area contributed by atoms with Gasteiger partial charge in [-0.3, -0.25) is 4.79 Å². The van der Waals surface area contributed by atoms with E-state index in [2.05, 4.69) is 10.6 Å². The molecule has 1 atom stereocenters. The summed E-state index contributed by atoms with van der Waals surface area (Å²) in [5, 5.41) is 6.49. The number of rotatable bonds is 3. The molecule has 1 saturated heterocycles. The Balaban J connectivity index is 1.73. The van der Waals surface area contributed by atoms with Gasteiger partial charge in [0.2, 0.25) is 5.91 Å². The summed E-state index contributed by atoms with van der Waals surface area (Å²) >= 11 is 0. The van der Waals surface area contributed by atoms with Crippen LogP contribution in [0.15, 0.2) is 0 Å². The SMILES string of the molecule is O=C1NCCCCC1NCC1CCCCCC1. The van der Waals surface area contributed by atoms with E-state index in [4.69, 9.17) is 0 Å². The van der Waals surface area contributed by atoms with Gasteiger partial charge in [0.25, 0.3) is 0 Å². The number of carbonyl (C=O) groups is 1. The third-order valence-electron chi connectivity index (χ3n) is 4.16. The minimum atomic E-state index is 0.0701. The highest BCUT2D eigenvalue weighted by Crippen LogP contribution is 2.22. The van der Waals surface area contributed by atoms with Gasteiger partial charge >= 0.3 is 0 Å². The van der Waals surface area contributed by atoms with Crippen molar-refractivity contribution in [1.29, 1.82) is 0 Å². The van der Waals surface area contributed by atoms with Crippen LogP contribution >= 0.6 is 0 Å². The molecule has 0 aromatic rings. The third-order valence-corrected chi connectivity index (χ3v) is 4.16. The van der Waals surface area contributed by atoms with Gasteiger partial charge in [-0.05, 0) is 44.6 Å². The molecule has 98 valence electrons. The van der Waals surface area contributed by atoms with Gasteiger partial charge in [0.05, 0.1) is 6.04 Å². The van der Waals surface area contributed by atoms with Crippen LogP contribution in [0.2, 0.25) is 0 Å². The Hall–Kier alpha value is -0.570. The van der Waals surface area contributed by atoms with Gasteiger partial charge in [0, 0.05) is 6.54 Å². The van der Waals surface area contributed by atoms with E-state index in [-0.39, 0.29) is 11.9 Å². The second-order valence-electron chi connectivity index (χ2n) is 5.61. The molecule has 3 nitrogen and oxygen atoms in total. The molecule has 0 spiro atoms. The van der Waals surface area contributed by atoms with E-state index in [0.717, 1.165) is 31.8 Å². The van der Waals surface area contributed by atoms with Crippen LogP contribution in [-0.4, -0.2) is 25.0 Å². The second kappa shape index (κ2) is 7.00. The largest absolute Gasteiger partial charge is 0.355 e. The van der Waals surface area contributed by atoms with Crippen molar-refractivity contribution < 1.29 is 4.79 Å². The molecule has 2 aliphatic rings. The first kappa shape index (κ1) is 12.9. The van der Waals surface area contributed by atoms with Crippen LogP contribution in [0.3, 0.4) is 0 Å². The predicted molar refractivity (Wildman–Crippen MR) is 69.8 cm³/mol. The molecule has 0 aromatic heterocycles. The van der Waals surface area contributed by atoms with E-state index in [0.29, 0.717) is 0 Å². The molecule has 2 N–H and O–H groups in total. The highest BCUT2D eigenvalue weighted by molar-refractivity contribution is 5.81. The van der Waals surface area contributed by atoms with Gasteiger partial charge in [-0.15, -0.1) is 0 Å². The van der Waals surface area contributed by atoms with Gasteiger partial charge in [0.15, 0.2) is 0 Å². The molecule has 2 fully saturated rings. The monoisotopic (exact) mass is 238 g/mol. The van der Waals surface area contributed by atoms with Crippen molar-refractivity contribution in [3.05, 3.63) is 0 Å². The maximum atomic E-state index is 11.8. The van der Waals surface area contributed by atoms with E-state index < -0.39 is 0 Å². The minimum Gasteiger partial charge on any atom is -0.355 e. The topological polar surface area (TPSA) is 41.1 Å². The van der Waals surface area contributed by atoms with Crippen molar-refractivity contribution in [3.63, 3.8) is 0 Å². The lowest BCUT2D eigenvalue weighted by molar-refractivity contribution is -0.122. The summed E-state index contributed by atoms with van der Waals surface area (Å²) in [5.74, 6) is 1.02. The maximum Gasteiger partial charge on any atom is 0.237 e. The number of hydrogen-bond acceptors (Lipinski definition) is 2. The van der Waals surface area contributed by atoms with Crippen molar-refractivity contribution in [2.24, 2.45) is 5.92 Å². The van der Waals surface area contributed by atoms with E-state index in [1.807, 2.05) is 0 Å². The summed E-state index contributed by atoms with van der Waals surface area (Å²) in [4.78, 5) is 11.8. The number of carbonyl (C=O) groups excluding carboxylic acids is 1. The molecule has 2 rings (SSSR count). The van der Waals surface area contributed by atoms with E-state index >= 15 is 0 Å². The van der Waals surface area contributed by atoms with Crippen LogP contribution in [0.5, 0.6) is 0 Å². The van der Waals surface area contributed by atoms with Crippen LogP contribution < -0.4 is 10.6 Å². The summed E-state index contributed by atoms with van der Waals surface area (Å²) in [6, 6.07) is 0.0701. The first-order valence-corrected chi connectivity index (χ1v) is 7.37. The fourth-order valence-corrected chi connectivity index (χ4v) is 3.01. The van der Waals surface area contributed by atoms with E-state index in [9.17, 15) is 4.79 Å². The van der Waals surface area contributed by atoms with Crippen molar-refractivity contribution in [2.45, 2.75) is 63.8 Å². The molecule has 17 heavy (non-hydrogen) atoms. The molecule has 0 aromatic carbocycles. The molecular formula is C14H26N2O. The zero-order valence-corrected chi connectivity index (χ0v) is 10.8. The van der Waals surface area contributed by atoms with Gasteiger partial charge < -0.3 is 10.6 Å². The molecule has 1 unspecified atom stereocenters. The molecule has 1 aliphatic carbocycles. The summed E-state index contributed by atoms with van der Waals surface area (Å²) in [6.07, 6.45) is 11.6. The fourth-order valence-electron chi connectivity index (χ4n) is 3.01. The van der Waals surface area contributed by atoms with E-state index in [1.165, 1.54) is 44.9 Å². The number of nitrogens with one attached hydrogen (secondary N) is 2. The average Bonchev–Trinajstić information content (AvgIpc) is 2.69. The van der Waals surface area contributed by atoms with Crippen molar-refractivity contribution in [3.8, 4) is 0 Å². The van der Waals surface area contributed by atoms with Crippen LogP contribution in [0, 0.1) is 5.92 Å². The second-order valence-corrected chi connectivity index (χ2v) is 5.61. The Bertz CT molecular complexity index is 234. The lowest BCUT2D eigenvalue weighted by Crippen LogP contribution is -2.44.